The molecule has 2 rings (SSSR count). The molecule has 1 aliphatic heterocycles. The summed E-state index contributed by atoms with van der Waals surface area (Å²) in [5, 5.41) is 4.52. The Kier molecular flexibility index (Phi) is 4.85. The molecule has 1 saturated heterocycles. The van der Waals surface area contributed by atoms with Crippen molar-refractivity contribution in [3.63, 3.8) is 0 Å². The number of aromatic nitrogens is 2. The van der Waals surface area contributed by atoms with E-state index in [2.05, 4.69) is 51.1 Å². The summed E-state index contributed by atoms with van der Waals surface area (Å²) in [5.41, 5.74) is 1.33. The zero-order chi connectivity index (χ0) is 12.3. The summed E-state index contributed by atoms with van der Waals surface area (Å²) >= 11 is 2.37. The summed E-state index contributed by atoms with van der Waals surface area (Å²) in [7, 11) is 0. The Balaban J connectivity index is 1.89. The number of nitrogens with zero attached hydrogens (tertiary/aromatic N) is 3. The normalized spacial score (nSPS) is 18.8. The number of halogens is 1. The van der Waals surface area contributed by atoms with Crippen LogP contribution in [0.1, 0.15) is 44.3 Å². The van der Waals surface area contributed by atoms with Gasteiger partial charge < -0.3 is 4.90 Å². The molecule has 0 amide bonds. The van der Waals surface area contributed by atoms with Gasteiger partial charge in [-0.05, 0) is 55.3 Å². The van der Waals surface area contributed by atoms with Crippen LogP contribution < -0.4 is 0 Å². The number of rotatable bonds is 4. The first-order valence-electron chi connectivity index (χ1n) is 6.64. The van der Waals surface area contributed by atoms with E-state index in [0.29, 0.717) is 6.04 Å². The molecule has 0 atom stereocenters. The molecule has 2 heterocycles. The zero-order valence-corrected chi connectivity index (χ0v) is 13.0. The summed E-state index contributed by atoms with van der Waals surface area (Å²) in [6.07, 6.45) is 7.13. The molecule has 0 N–H and O–H groups in total. The predicted molar refractivity (Wildman–Crippen MR) is 79.3 cm³/mol. The molecule has 0 bridgehead atoms. The first-order chi connectivity index (χ1) is 8.22. The van der Waals surface area contributed by atoms with Gasteiger partial charge in [0.05, 0.1) is 15.8 Å². The van der Waals surface area contributed by atoms with Gasteiger partial charge in [0.2, 0.25) is 0 Å². The maximum absolute atomic E-state index is 4.52. The van der Waals surface area contributed by atoms with E-state index in [1.54, 1.807) is 0 Å². The molecule has 0 radical (unpaired) electrons. The average molecular weight is 347 g/mol. The highest BCUT2D eigenvalue weighted by atomic mass is 127. The topological polar surface area (TPSA) is 21.1 Å². The van der Waals surface area contributed by atoms with Gasteiger partial charge in [0.15, 0.2) is 0 Å². The Morgan fingerprint density at radius 1 is 1.41 bits per heavy atom. The van der Waals surface area contributed by atoms with Crippen molar-refractivity contribution in [2.75, 3.05) is 19.6 Å². The van der Waals surface area contributed by atoms with Gasteiger partial charge in [-0.3, -0.25) is 4.68 Å². The molecule has 0 saturated carbocycles. The molecule has 0 unspecified atom stereocenters. The van der Waals surface area contributed by atoms with Crippen LogP contribution in [-0.4, -0.2) is 34.3 Å². The van der Waals surface area contributed by atoms with Crippen LogP contribution in [0.3, 0.4) is 0 Å². The number of piperidine rings is 1. The number of hydrogen-bond donors (Lipinski definition) is 0. The molecule has 96 valence electrons. The van der Waals surface area contributed by atoms with E-state index in [1.807, 2.05) is 6.20 Å². The molecule has 3 nitrogen and oxygen atoms in total. The van der Waals surface area contributed by atoms with E-state index >= 15 is 0 Å². The molecule has 1 aliphatic rings. The molecule has 0 aromatic carbocycles. The van der Waals surface area contributed by atoms with Crippen molar-refractivity contribution < 1.29 is 0 Å². The lowest BCUT2D eigenvalue weighted by Gasteiger charge is -2.32. The third kappa shape index (κ3) is 3.22. The van der Waals surface area contributed by atoms with Crippen molar-refractivity contribution in [3.05, 3.63) is 15.5 Å². The number of unbranched alkanes of at least 4 members (excludes halogenated alkanes) is 1. The van der Waals surface area contributed by atoms with E-state index < -0.39 is 0 Å². The molecule has 1 fully saturated rings. The lowest BCUT2D eigenvalue weighted by atomic mass is 10.0. The predicted octanol–water partition coefficient (Wildman–Crippen LogP) is 3.23. The first-order valence-corrected chi connectivity index (χ1v) is 7.72. The second-order valence-electron chi connectivity index (χ2n) is 4.95. The van der Waals surface area contributed by atoms with E-state index in [1.165, 1.54) is 54.6 Å². The maximum Gasteiger partial charge on any atom is 0.0626 e. The van der Waals surface area contributed by atoms with Crippen LogP contribution in [0.25, 0.3) is 0 Å². The zero-order valence-electron chi connectivity index (χ0n) is 10.8. The molecular weight excluding hydrogens is 325 g/mol. The Bertz CT molecular complexity index is 354. The molecule has 17 heavy (non-hydrogen) atoms. The van der Waals surface area contributed by atoms with Gasteiger partial charge in [-0.15, -0.1) is 0 Å². The second-order valence-corrected chi connectivity index (χ2v) is 6.11. The molecule has 4 heteroatoms. The van der Waals surface area contributed by atoms with Crippen LogP contribution in [0.5, 0.6) is 0 Å². The van der Waals surface area contributed by atoms with Crippen molar-refractivity contribution in [1.82, 2.24) is 14.7 Å². The van der Waals surface area contributed by atoms with E-state index in [4.69, 9.17) is 0 Å². The lowest BCUT2D eigenvalue weighted by molar-refractivity contribution is 0.177. The Morgan fingerprint density at radius 3 is 2.65 bits per heavy atom. The summed E-state index contributed by atoms with van der Waals surface area (Å²) in [6.45, 7) is 8.19. The summed E-state index contributed by atoms with van der Waals surface area (Å²) < 4.78 is 3.52. The van der Waals surface area contributed by atoms with Crippen LogP contribution >= 0.6 is 22.6 Å². The Hall–Kier alpha value is -0.100. The highest BCUT2D eigenvalue weighted by Gasteiger charge is 2.22. The molecule has 0 spiro atoms. The highest BCUT2D eigenvalue weighted by Crippen LogP contribution is 2.25. The quantitative estimate of drug-likeness (QED) is 0.780. The Labute approximate surface area is 118 Å². The van der Waals surface area contributed by atoms with Crippen LogP contribution in [-0.2, 0) is 0 Å². The fourth-order valence-corrected chi connectivity index (χ4v) is 2.91. The van der Waals surface area contributed by atoms with Gasteiger partial charge in [-0.25, -0.2) is 0 Å². The second kappa shape index (κ2) is 6.18. The number of hydrogen-bond acceptors (Lipinski definition) is 2. The minimum Gasteiger partial charge on any atom is -0.303 e. The largest absolute Gasteiger partial charge is 0.303 e. The maximum atomic E-state index is 4.52. The van der Waals surface area contributed by atoms with Crippen molar-refractivity contribution in [2.45, 2.75) is 45.6 Å². The van der Waals surface area contributed by atoms with Crippen molar-refractivity contribution in [1.29, 1.82) is 0 Å². The molecule has 0 aliphatic carbocycles. The fourth-order valence-electron chi connectivity index (χ4n) is 2.54. The van der Waals surface area contributed by atoms with Gasteiger partial charge in [0, 0.05) is 18.8 Å². The van der Waals surface area contributed by atoms with E-state index in [0.717, 1.165) is 0 Å². The van der Waals surface area contributed by atoms with Gasteiger partial charge >= 0.3 is 0 Å². The average Bonchev–Trinajstić information content (AvgIpc) is 2.68. The van der Waals surface area contributed by atoms with Crippen molar-refractivity contribution in [2.24, 2.45) is 0 Å². The molecule has 1 aromatic heterocycles. The highest BCUT2D eigenvalue weighted by molar-refractivity contribution is 14.1. The lowest BCUT2D eigenvalue weighted by Crippen LogP contribution is -2.35. The van der Waals surface area contributed by atoms with Gasteiger partial charge in [0.1, 0.15) is 0 Å². The molecule has 1 aromatic rings. The SMILES string of the molecule is CCCCN1CCC(n2ncc(I)c2C)CC1. The monoisotopic (exact) mass is 347 g/mol. The van der Waals surface area contributed by atoms with Crippen LogP contribution in [0, 0.1) is 10.5 Å². The first kappa shape index (κ1) is 13.3. The van der Waals surface area contributed by atoms with Crippen molar-refractivity contribution >= 4 is 22.6 Å². The fraction of sp³-hybridized carbons (Fsp3) is 0.769. The van der Waals surface area contributed by atoms with Crippen LogP contribution in [0.2, 0.25) is 0 Å². The van der Waals surface area contributed by atoms with Crippen LogP contribution in [0.15, 0.2) is 6.20 Å². The van der Waals surface area contributed by atoms with Gasteiger partial charge in [-0.2, -0.15) is 5.10 Å². The van der Waals surface area contributed by atoms with E-state index in [9.17, 15) is 0 Å². The smallest absolute Gasteiger partial charge is 0.0626 e. The van der Waals surface area contributed by atoms with Crippen LogP contribution in [0.4, 0.5) is 0 Å². The van der Waals surface area contributed by atoms with Gasteiger partial charge in [0.25, 0.3) is 0 Å². The summed E-state index contributed by atoms with van der Waals surface area (Å²) in [5.74, 6) is 0. The standard InChI is InChI=1S/C13H22IN3/c1-3-4-7-16-8-5-12(6-9-16)17-11(2)13(14)10-15-17/h10,12H,3-9H2,1-2H3. The third-order valence-electron chi connectivity index (χ3n) is 3.72. The minimum atomic E-state index is 0.622. The molecular formula is C13H22IN3. The summed E-state index contributed by atoms with van der Waals surface area (Å²) in [4.78, 5) is 2.60. The number of likely N-dealkylation sites (tertiary alicyclic amines) is 1. The third-order valence-corrected chi connectivity index (χ3v) is 4.77. The van der Waals surface area contributed by atoms with Crippen molar-refractivity contribution in [3.8, 4) is 0 Å². The Morgan fingerprint density at radius 2 is 2.12 bits per heavy atom. The minimum absolute atomic E-state index is 0.622. The van der Waals surface area contributed by atoms with E-state index in [-0.39, 0.29) is 0 Å². The van der Waals surface area contributed by atoms with Gasteiger partial charge in [-0.1, -0.05) is 13.3 Å². The summed E-state index contributed by atoms with van der Waals surface area (Å²) in [6, 6.07) is 0.622.